The van der Waals surface area contributed by atoms with Crippen LogP contribution < -0.4 is 10.6 Å². The van der Waals surface area contributed by atoms with Crippen LogP contribution in [-0.4, -0.2) is 13.0 Å². The Bertz CT molecular complexity index is 1100. The molecule has 0 aromatic heterocycles. The first kappa shape index (κ1) is 18.7. The van der Waals surface area contributed by atoms with Crippen molar-refractivity contribution in [2.45, 2.75) is 12.8 Å². The third kappa shape index (κ3) is 3.13. The monoisotopic (exact) mass is 437 g/mol. The molecule has 0 heterocycles. The van der Waals surface area contributed by atoms with E-state index in [1.807, 2.05) is 6.07 Å². The smallest absolute Gasteiger partial charge is 0.200 e. The molecule has 0 saturated heterocycles. The topological polar surface area (TPSA) is 41.6 Å². The number of benzene rings is 3. The largest absolute Gasteiger partial charge is 0.369 e. The van der Waals surface area contributed by atoms with Crippen LogP contribution in [0.4, 0.5) is 11.4 Å². The summed E-state index contributed by atoms with van der Waals surface area (Å²) in [5.74, 6) is 0.269. The molecule has 0 radical (unpaired) electrons. The molecule has 7 heteroatoms. The summed E-state index contributed by atoms with van der Waals surface area (Å²) in [6.07, 6.45) is 2.12. The quantitative estimate of drug-likeness (QED) is 0.211. The molecule has 0 atom stereocenters. The lowest BCUT2D eigenvalue weighted by Gasteiger charge is -2.21. The van der Waals surface area contributed by atoms with E-state index in [1.165, 1.54) is 16.5 Å². The molecule has 2 N–H and O–H groups in total. The van der Waals surface area contributed by atoms with Crippen molar-refractivity contribution in [3.8, 4) is 0 Å². The Morgan fingerprint density at radius 2 is 1.67 bits per heavy atom. The molecule has 0 bridgehead atoms. The number of rotatable bonds is 2. The Labute approximate surface area is 177 Å². The van der Waals surface area contributed by atoms with Gasteiger partial charge in [-0.1, -0.05) is 70.7 Å². The van der Waals surface area contributed by atoms with Crippen molar-refractivity contribution >= 4 is 74.5 Å². The maximum Gasteiger partial charge on any atom is 0.200 e. The molecule has 27 heavy (non-hydrogen) atoms. The molecular formula is C20H15Cl4N3. The molecular weight excluding hydrogens is 424 g/mol. The van der Waals surface area contributed by atoms with Gasteiger partial charge in [-0.2, -0.15) is 0 Å². The maximum absolute atomic E-state index is 6.33. The molecule has 138 valence electrons. The Kier molecular flexibility index (Phi) is 4.89. The van der Waals surface area contributed by atoms with E-state index >= 15 is 0 Å². The summed E-state index contributed by atoms with van der Waals surface area (Å²) in [7, 11) is 1.75. The normalized spacial score (nSPS) is 13.4. The first-order chi connectivity index (χ1) is 12.9. The summed E-state index contributed by atoms with van der Waals surface area (Å²) in [5, 5.41) is 3.34. The summed E-state index contributed by atoms with van der Waals surface area (Å²) >= 11 is 24.7. The fraction of sp³-hybridized carbons (Fsp3) is 0.150. The highest BCUT2D eigenvalue weighted by Gasteiger charge is 2.19. The van der Waals surface area contributed by atoms with Crippen LogP contribution in [0.3, 0.4) is 0 Å². The number of anilines is 1. The van der Waals surface area contributed by atoms with Gasteiger partial charge < -0.3 is 10.6 Å². The zero-order valence-electron chi connectivity index (χ0n) is 14.4. The number of aryl methyl sites for hydroxylation is 2. The minimum Gasteiger partial charge on any atom is -0.369 e. The molecule has 0 unspecified atom stereocenters. The second kappa shape index (κ2) is 7.06. The minimum absolute atomic E-state index is 0.186. The molecule has 3 aromatic rings. The average Bonchev–Trinajstić information content (AvgIpc) is 3.09. The fourth-order valence-corrected chi connectivity index (χ4v) is 4.37. The van der Waals surface area contributed by atoms with Crippen LogP contribution in [0, 0.1) is 0 Å². The lowest BCUT2D eigenvalue weighted by Crippen LogP contribution is -2.33. The molecule has 0 fully saturated rings. The first-order valence-electron chi connectivity index (χ1n) is 8.33. The Hall–Kier alpha value is -1.65. The second-order valence-corrected chi connectivity index (χ2v) is 7.97. The van der Waals surface area contributed by atoms with Crippen molar-refractivity contribution in [2.24, 2.45) is 10.7 Å². The third-order valence-electron chi connectivity index (χ3n) is 4.88. The fourth-order valence-electron chi connectivity index (χ4n) is 3.46. The molecule has 4 rings (SSSR count). The van der Waals surface area contributed by atoms with Gasteiger partial charge in [0.25, 0.3) is 0 Å². The zero-order chi connectivity index (χ0) is 19.3. The second-order valence-electron chi connectivity index (χ2n) is 6.43. The van der Waals surface area contributed by atoms with Gasteiger partial charge in [0, 0.05) is 12.4 Å². The predicted molar refractivity (Wildman–Crippen MR) is 118 cm³/mol. The van der Waals surface area contributed by atoms with Crippen LogP contribution >= 0.6 is 46.4 Å². The number of halogens is 4. The van der Waals surface area contributed by atoms with Gasteiger partial charge in [0.1, 0.15) is 0 Å². The van der Waals surface area contributed by atoms with Gasteiger partial charge in [0.15, 0.2) is 0 Å². The number of aliphatic imine (C=N–C) groups is 1. The lowest BCUT2D eigenvalue weighted by atomic mass is 10.0. The molecule has 0 aliphatic heterocycles. The van der Waals surface area contributed by atoms with Gasteiger partial charge in [-0.3, -0.25) is 0 Å². The van der Waals surface area contributed by atoms with Crippen LogP contribution in [-0.2, 0) is 12.8 Å². The van der Waals surface area contributed by atoms with Gasteiger partial charge in [0.2, 0.25) is 5.96 Å². The van der Waals surface area contributed by atoms with Crippen LogP contribution in [0.2, 0.25) is 20.1 Å². The van der Waals surface area contributed by atoms with E-state index in [-0.39, 0.29) is 21.0 Å². The molecule has 3 aromatic carbocycles. The Morgan fingerprint density at radius 1 is 0.963 bits per heavy atom. The Balaban J connectivity index is 1.79. The van der Waals surface area contributed by atoms with Gasteiger partial charge in [-0.05, 0) is 41.5 Å². The van der Waals surface area contributed by atoms with E-state index in [1.54, 1.807) is 18.0 Å². The SMILES string of the molecule is CN(C(N)=Nc1ccc2c3c(cccc13)CC2)c1cc(Cl)c(Cl)c(Cl)c1Cl. The number of nitrogens with two attached hydrogens (primary N) is 1. The molecule has 0 saturated carbocycles. The summed E-state index contributed by atoms with van der Waals surface area (Å²) < 4.78 is 0. The van der Waals surface area contributed by atoms with E-state index in [4.69, 9.17) is 52.1 Å². The van der Waals surface area contributed by atoms with Crippen LogP contribution in [0.5, 0.6) is 0 Å². The highest BCUT2D eigenvalue weighted by Crippen LogP contribution is 2.42. The third-order valence-corrected chi connectivity index (χ3v) is 6.62. The minimum atomic E-state index is 0.186. The van der Waals surface area contributed by atoms with Gasteiger partial charge in [-0.15, -0.1) is 0 Å². The highest BCUT2D eigenvalue weighted by molar-refractivity contribution is 6.52. The van der Waals surface area contributed by atoms with Crippen molar-refractivity contribution in [3.63, 3.8) is 0 Å². The van der Waals surface area contributed by atoms with Gasteiger partial charge in [-0.25, -0.2) is 4.99 Å². The lowest BCUT2D eigenvalue weighted by molar-refractivity contribution is 1.02. The van der Waals surface area contributed by atoms with Crippen molar-refractivity contribution in [1.29, 1.82) is 0 Å². The van der Waals surface area contributed by atoms with E-state index in [2.05, 4.69) is 29.3 Å². The van der Waals surface area contributed by atoms with E-state index in [9.17, 15) is 0 Å². The Morgan fingerprint density at radius 3 is 2.41 bits per heavy atom. The molecule has 3 nitrogen and oxygen atoms in total. The van der Waals surface area contributed by atoms with Crippen molar-refractivity contribution in [3.05, 3.63) is 67.6 Å². The van der Waals surface area contributed by atoms with E-state index in [0.29, 0.717) is 10.7 Å². The van der Waals surface area contributed by atoms with E-state index in [0.717, 1.165) is 23.9 Å². The van der Waals surface area contributed by atoms with E-state index < -0.39 is 0 Å². The summed E-state index contributed by atoms with van der Waals surface area (Å²) in [4.78, 5) is 6.28. The number of guanidine groups is 1. The van der Waals surface area contributed by atoms with Crippen LogP contribution in [0.15, 0.2) is 41.4 Å². The average molecular weight is 439 g/mol. The zero-order valence-corrected chi connectivity index (χ0v) is 17.4. The molecule has 1 aliphatic rings. The molecule has 0 amide bonds. The van der Waals surface area contributed by atoms with Crippen molar-refractivity contribution in [1.82, 2.24) is 0 Å². The predicted octanol–water partition coefficient (Wildman–Crippen LogP) is 6.63. The van der Waals surface area contributed by atoms with Crippen LogP contribution in [0.25, 0.3) is 10.8 Å². The summed E-state index contributed by atoms with van der Waals surface area (Å²) in [6.45, 7) is 0. The number of hydrogen-bond donors (Lipinski definition) is 1. The van der Waals surface area contributed by atoms with Gasteiger partial charge in [0.05, 0.1) is 31.5 Å². The molecule has 0 spiro atoms. The molecule has 1 aliphatic carbocycles. The number of nitrogens with zero attached hydrogens (tertiary/aromatic N) is 2. The standard InChI is InChI=1S/C20H15Cl4N3/c1-27(15-9-13(21)17(22)19(24)18(15)23)20(25)26-14-8-7-11-6-5-10-3-2-4-12(14)16(10)11/h2-4,7-9H,5-6H2,1H3,(H2,25,26). The maximum atomic E-state index is 6.33. The highest BCUT2D eigenvalue weighted by atomic mass is 35.5. The van der Waals surface area contributed by atoms with Crippen molar-refractivity contribution in [2.75, 3.05) is 11.9 Å². The van der Waals surface area contributed by atoms with Gasteiger partial charge >= 0.3 is 0 Å². The summed E-state index contributed by atoms with van der Waals surface area (Å²) in [6, 6.07) is 12.0. The summed E-state index contributed by atoms with van der Waals surface area (Å²) in [5.41, 5.74) is 10.3. The number of hydrogen-bond acceptors (Lipinski definition) is 1. The van der Waals surface area contributed by atoms with Crippen molar-refractivity contribution < 1.29 is 0 Å². The first-order valence-corrected chi connectivity index (χ1v) is 9.84. The van der Waals surface area contributed by atoms with Crippen LogP contribution in [0.1, 0.15) is 11.1 Å².